The maximum absolute atomic E-state index is 4.67. The second kappa shape index (κ2) is 6.88. The molecule has 3 rings (SSSR count). The summed E-state index contributed by atoms with van der Waals surface area (Å²) in [5.41, 5.74) is 6.56. The van der Waals surface area contributed by atoms with E-state index in [1.165, 1.54) is 16.9 Å². The average Bonchev–Trinajstić information content (AvgIpc) is 2.90. The molecule has 0 saturated heterocycles. The number of rotatable bonds is 4. The van der Waals surface area contributed by atoms with Crippen molar-refractivity contribution in [2.75, 3.05) is 5.43 Å². The summed E-state index contributed by atoms with van der Waals surface area (Å²) in [6.45, 7) is 4.20. The minimum Gasteiger partial charge on any atom is -0.253 e. The Bertz CT molecular complexity index is 683. The number of hydrazone groups is 1. The van der Waals surface area contributed by atoms with Crippen LogP contribution < -0.4 is 5.43 Å². The first-order chi connectivity index (χ1) is 10.7. The van der Waals surface area contributed by atoms with Crippen molar-refractivity contribution in [1.29, 1.82) is 0 Å². The Kier molecular flexibility index (Phi) is 4.68. The smallest absolute Gasteiger partial charge is 0.204 e. The lowest BCUT2D eigenvalue weighted by Crippen LogP contribution is -2.04. The standard InChI is InChI=1S/C18H21N3S/c1-13-8-10-16(11-9-13)17-14(2)22-18(20-17)21-19-12-15-6-4-3-5-7-15/h3-4,8-12,15H,5-7H2,1-2H3,(H,20,21)/b19-12-/t15-/m1/s1. The summed E-state index contributed by atoms with van der Waals surface area (Å²) >= 11 is 1.65. The maximum atomic E-state index is 4.67. The van der Waals surface area contributed by atoms with E-state index in [0.717, 1.165) is 29.2 Å². The second-order valence-electron chi connectivity index (χ2n) is 5.72. The lowest BCUT2D eigenvalue weighted by molar-refractivity contribution is 0.627. The van der Waals surface area contributed by atoms with Crippen molar-refractivity contribution in [3.63, 3.8) is 0 Å². The van der Waals surface area contributed by atoms with Crippen molar-refractivity contribution in [1.82, 2.24) is 4.98 Å². The molecule has 1 aliphatic rings. The summed E-state index contributed by atoms with van der Waals surface area (Å²) in [5.74, 6) is 0.551. The van der Waals surface area contributed by atoms with Gasteiger partial charge in [0, 0.05) is 16.7 Å². The number of aryl methyl sites for hydroxylation is 2. The van der Waals surface area contributed by atoms with Crippen LogP contribution in [0.2, 0.25) is 0 Å². The van der Waals surface area contributed by atoms with E-state index in [1.54, 1.807) is 11.3 Å². The lowest BCUT2D eigenvalue weighted by Gasteiger charge is -2.11. The second-order valence-corrected chi connectivity index (χ2v) is 6.93. The maximum Gasteiger partial charge on any atom is 0.204 e. The summed E-state index contributed by atoms with van der Waals surface area (Å²) < 4.78 is 0. The number of aromatic nitrogens is 1. The molecule has 114 valence electrons. The van der Waals surface area contributed by atoms with Crippen molar-refractivity contribution < 1.29 is 0 Å². The third-order valence-corrected chi connectivity index (χ3v) is 4.75. The Labute approximate surface area is 135 Å². The third kappa shape index (κ3) is 3.63. The molecular formula is C18H21N3S. The van der Waals surface area contributed by atoms with Crippen molar-refractivity contribution in [2.24, 2.45) is 11.0 Å². The Hall–Kier alpha value is -1.94. The van der Waals surface area contributed by atoms with Crippen LogP contribution in [0.4, 0.5) is 5.13 Å². The number of hydrogen-bond acceptors (Lipinski definition) is 4. The molecule has 1 aromatic carbocycles. The topological polar surface area (TPSA) is 37.3 Å². The van der Waals surface area contributed by atoms with E-state index in [2.05, 4.69) is 65.8 Å². The number of hydrogen-bond donors (Lipinski definition) is 1. The van der Waals surface area contributed by atoms with Crippen LogP contribution in [-0.2, 0) is 0 Å². The van der Waals surface area contributed by atoms with E-state index in [0.29, 0.717) is 5.92 Å². The van der Waals surface area contributed by atoms with Gasteiger partial charge in [-0.05, 0) is 39.0 Å². The summed E-state index contributed by atoms with van der Waals surface area (Å²) in [6.07, 6.45) is 9.94. The van der Waals surface area contributed by atoms with E-state index < -0.39 is 0 Å². The fourth-order valence-electron chi connectivity index (χ4n) is 2.57. The molecule has 0 bridgehead atoms. The first-order valence-electron chi connectivity index (χ1n) is 7.71. The zero-order valence-electron chi connectivity index (χ0n) is 13.0. The van der Waals surface area contributed by atoms with E-state index >= 15 is 0 Å². The minimum absolute atomic E-state index is 0.551. The summed E-state index contributed by atoms with van der Waals surface area (Å²) in [5, 5.41) is 5.22. The van der Waals surface area contributed by atoms with Gasteiger partial charge in [-0.25, -0.2) is 4.98 Å². The molecular weight excluding hydrogens is 290 g/mol. The molecule has 1 N–H and O–H groups in total. The fourth-order valence-corrected chi connectivity index (χ4v) is 3.36. The molecule has 0 fully saturated rings. The van der Waals surface area contributed by atoms with Gasteiger partial charge in [-0.1, -0.05) is 42.0 Å². The Balaban J connectivity index is 1.68. The zero-order chi connectivity index (χ0) is 15.4. The number of thiazole rings is 1. The fraction of sp³-hybridized carbons (Fsp3) is 0.333. The molecule has 0 unspecified atom stereocenters. The van der Waals surface area contributed by atoms with Crippen LogP contribution in [0.1, 0.15) is 29.7 Å². The van der Waals surface area contributed by atoms with Gasteiger partial charge in [0.15, 0.2) is 0 Å². The van der Waals surface area contributed by atoms with Gasteiger partial charge >= 0.3 is 0 Å². The number of anilines is 1. The highest BCUT2D eigenvalue weighted by Crippen LogP contribution is 2.30. The van der Waals surface area contributed by atoms with Crippen LogP contribution in [0.15, 0.2) is 41.5 Å². The Morgan fingerprint density at radius 1 is 1.23 bits per heavy atom. The first-order valence-corrected chi connectivity index (χ1v) is 8.52. The van der Waals surface area contributed by atoms with Crippen LogP contribution in [0.5, 0.6) is 0 Å². The Morgan fingerprint density at radius 2 is 2.05 bits per heavy atom. The van der Waals surface area contributed by atoms with Crippen molar-refractivity contribution in [3.05, 3.63) is 46.9 Å². The van der Waals surface area contributed by atoms with E-state index in [-0.39, 0.29) is 0 Å². The number of nitrogens with one attached hydrogen (secondary N) is 1. The predicted molar refractivity (Wildman–Crippen MR) is 95.6 cm³/mol. The summed E-state index contributed by atoms with van der Waals surface area (Å²) in [7, 11) is 0. The monoisotopic (exact) mass is 311 g/mol. The van der Waals surface area contributed by atoms with Crippen molar-refractivity contribution in [2.45, 2.75) is 33.1 Å². The van der Waals surface area contributed by atoms with Crippen molar-refractivity contribution in [3.8, 4) is 11.3 Å². The van der Waals surface area contributed by atoms with Gasteiger partial charge in [0.05, 0.1) is 5.69 Å². The SMILES string of the molecule is Cc1ccc(-c2nc(N/N=C\[C@@H]3CC=CCC3)sc2C)cc1. The molecule has 0 radical (unpaired) electrons. The largest absolute Gasteiger partial charge is 0.253 e. The van der Waals surface area contributed by atoms with Crippen LogP contribution in [-0.4, -0.2) is 11.2 Å². The highest BCUT2D eigenvalue weighted by Gasteiger charge is 2.10. The summed E-state index contributed by atoms with van der Waals surface area (Å²) in [4.78, 5) is 5.88. The molecule has 0 saturated carbocycles. The molecule has 2 aromatic rings. The molecule has 1 atom stereocenters. The third-order valence-electron chi connectivity index (χ3n) is 3.88. The normalized spacial score (nSPS) is 18.0. The van der Waals surface area contributed by atoms with Crippen LogP contribution in [0.25, 0.3) is 11.3 Å². The van der Waals surface area contributed by atoms with Gasteiger partial charge in [-0.2, -0.15) is 5.10 Å². The van der Waals surface area contributed by atoms with Crippen LogP contribution >= 0.6 is 11.3 Å². The molecule has 0 amide bonds. The lowest BCUT2D eigenvalue weighted by atomic mass is 9.96. The number of allylic oxidation sites excluding steroid dienone is 2. The van der Waals surface area contributed by atoms with Gasteiger partial charge in [0.1, 0.15) is 0 Å². The van der Waals surface area contributed by atoms with Crippen LogP contribution in [0, 0.1) is 19.8 Å². The van der Waals surface area contributed by atoms with Crippen molar-refractivity contribution >= 4 is 22.7 Å². The van der Waals surface area contributed by atoms with E-state index in [9.17, 15) is 0 Å². The molecule has 0 spiro atoms. The molecule has 4 heteroatoms. The highest BCUT2D eigenvalue weighted by atomic mass is 32.1. The molecule has 0 aliphatic heterocycles. The van der Waals surface area contributed by atoms with Gasteiger partial charge in [0.25, 0.3) is 0 Å². The van der Waals surface area contributed by atoms with Gasteiger partial charge in [-0.3, -0.25) is 5.43 Å². The van der Waals surface area contributed by atoms with Gasteiger partial charge in [0.2, 0.25) is 5.13 Å². The van der Waals surface area contributed by atoms with Crippen LogP contribution in [0.3, 0.4) is 0 Å². The van der Waals surface area contributed by atoms with Gasteiger partial charge < -0.3 is 0 Å². The van der Waals surface area contributed by atoms with E-state index in [4.69, 9.17) is 0 Å². The quantitative estimate of drug-likeness (QED) is 0.480. The highest BCUT2D eigenvalue weighted by molar-refractivity contribution is 7.15. The molecule has 1 aromatic heterocycles. The molecule has 1 aliphatic carbocycles. The zero-order valence-corrected chi connectivity index (χ0v) is 13.9. The number of benzene rings is 1. The molecule has 22 heavy (non-hydrogen) atoms. The summed E-state index contributed by atoms with van der Waals surface area (Å²) in [6, 6.07) is 8.49. The first kappa shape index (κ1) is 15.0. The van der Waals surface area contributed by atoms with Gasteiger partial charge in [-0.15, -0.1) is 11.3 Å². The predicted octanol–water partition coefficient (Wildman–Crippen LogP) is 5.18. The average molecular weight is 311 g/mol. The molecule has 3 nitrogen and oxygen atoms in total. The minimum atomic E-state index is 0.551. The molecule has 1 heterocycles. The Morgan fingerprint density at radius 3 is 2.77 bits per heavy atom. The number of nitrogens with zero attached hydrogens (tertiary/aromatic N) is 2. The van der Waals surface area contributed by atoms with E-state index in [1.807, 2.05) is 6.21 Å².